The van der Waals surface area contributed by atoms with Gasteiger partial charge in [0.15, 0.2) is 11.6 Å². The number of nitrogens with one attached hydrogen (secondary N) is 8. The second-order valence-electron chi connectivity index (χ2n) is 21.5. The Morgan fingerprint density at radius 2 is 1.16 bits per heavy atom. The van der Waals surface area contributed by atoms with Crippen molar-refractivity contribution in [3.8, 4) is 0 Å². The van der Waals surface area contributed by atoms with Crippen LogP contribution < -0.4 is 71.2 Å². The number of carbonyl (C=O) groups is 11. The van der Waals surface area contributed by atoms with Crippen LogP contribution in [0, 0.1) is 29.6 Å². The van der Waals surface area contributed by atoms with Crippen LogP contribution in [0.15, 0.2) is 0 Å². The van der Waals surface area contributed by atoms with Crippen LogP contribution in [-0.4, -0.2) is 169 Å². The van der Waals surface area contributed by atoms with Crippen LogP contribution in [0.1, 0.15) is 151 Å². The van der Waals surface area contributed by atoms with E-state index in [9.17, 15) is 63.0 Å². The molecular formula is C54H99N13O13. The first-order valence-electron chi connectivity index (χ1n) is 28.7. The number of aliphatic hydroxyl groups excluding tert-OH is 2. The third kappa shape index (κ3) is 26.4. The highest BCUT2D eigenvalue weighted by atomic mass is 16.3. The quantitative estimate of drug-likeness (QED) is 0.0312. The van der Waals surface area contributed by atoms with Crippen molar-refractivity contribution in [1.82, 2.24) is 42.5 Å². The summed E-state index contributed by atoms with van der Waals surface area (Å²) in [7, 11) is 0. The third-order valence-corrected chi connectivity index (χ3v) is 14.3. The monoisotopic (exact) mass is 1140 g/mol. The van der Waals surface area contributed by atoms with Gasteiger partial charge in [0.25, 0.3) is 0 Å². The number of aliphatic hydroxyl groups is 2. The molecule has 0 radical (unpaired) electrons. The summed E-state index contributed by atoms with van der Waals surface area (Å²) >= 11 is 0. The summed E-state index contributed by atoms with van der Waals surface area (Å²) in [4.78, 5) is 153. The van der Waals surface area contributed by atoms with E-state index in [1.165, 1.54) is 6.92 Å². The minimum absolute atomic E-state index is 0.0646. The fourth-order valence-corrected chi connectivity index (χ4v) is 9.32. The van der Waals surface area contributed by atoms with Crippen molar-refractivity contribution in [2.24, 2.45) is 58.3 Å². The molecule has 1 aliphatic rings. The summed E-state index contributed by atoms with van der Waals surface area (Å²) in [5.41, 5.74) is 29.3. The van der Waals surface area contributed by atoms with Gasteiger partial charge in [-0.15, -0.1) is 0 Å². The number of carbonyl (C=O) groups excluding carboxylic acids is 11. The smallest absolute Gasteiger partial charge is 0.244 e. The van der Waals surface area contributed by atoms with Crippen LogP contribution in [0.25, 0.3) is 0 Å². The molecule has 0 aromatic heterocycles. The van der Waals surface area contributed by atoms with Gasteiger partial charge >= 0.3 is 0 Å². The first kappa shape index (κ1) is 72.5. The molecule has 0 bridgehead atoms. The van der Waals surface area contributed by atoms with Crippen LogP contribution in [-0.2, 0) is 52.7 Å². The molecule has 0 aliphatic carbocycles. The fourth-order valence-electron chi connectivity index (χ4n) is 9.32. The van der Waals surface area contributed by atoms with Crippen LogP contribution in [0.5, 0.6) is 0 Å². The molecule has 458 valence electrons. The Bertz CT molecular complexity index is 2000. The molecule has 0 aromatic carbocycles. The van der Waals surface area contributed by atoms with E-state index in [0.717, 1.165) is 25.7 Å². The average Bonchev–Trinajstić information content (AvgIpc) is 3.40. The van der Waals surface area contributed by atoms with Crippen LogP contribution >= 0.6 is 0 Å². The summed E-state index contributed by atoms with van der Waals surface area (Å²) in [6.07, 6.45) is 2.09. The zero-order valence-corrected chi connectivity index (χ0v) is 48.2. The first-order chi connectivity index (χ1) is 38.0. The summed E-state index contributed by atoms with van der Waals surface area (Å²) in [5, 5.41) is 41.7. The van der Waals surface area contributed by atoms with E-state index in [-0.39, 0.29) is 102 Å². The van der Waals surface area contributed by atoms with Crippen molar-refractivity contribution in [1.29, 1.82) is 0 Å². The normalized spacial score (nSPS) is 23.4. The van der Waals surface area contributed by atoms with Gasteiger partial charge in [0.05, 0.1) is 18.8 Å². The van der Waals surface area contributed by atoms with Crippen LogP contribution in [0.2, 0.25) is 0 Å². The van der Waals surface area contributed by atoms with E-state index >= 15 is 0 Å². The lowest BCUT2D eigenvalue weighted by Gasteiger charge is -2.29. The largest absolute Gasteiger partial charge is 0.394 e. The summed E-state index contributed by atoms with van der Waals surface area (Å²) in [6, 6.07) is -9.95. The molecular weight excluding hydrogens is 1040 g/mol. The van der Waals surface area contributed by atoms with Crippen molar-refractivity contribution in [3.05, 3.63) is 0 Å². The molecule has 0 saturated carbocycles. The van der Waals surface area contributed by atoms with Gasteiger partial charge in [-0.25, -0.2) is 0 Å². The van der Waals surface area contributed by atoms with Gasteiger partial charge in [-0.3, -0.25) is 52.7 Å². The minimum Gasteiger partial charge on any atom is -0.394 e. The van der Waals surface area contributed by atoms with E-state index in [2.05, 4.69) is 49.5 Å². The number of ketones is 3. The highest BCUT2D eigenvalue weighted by Gasteiger charge is 2.38. The predicted molar refractivity (Wildman–Crippen MR) is 300 cm³/mol. The Hall–Kier alpha value is -5.51. The number of rotatable bonds is 31. The lowest BCUT2D eigenvalue weighted by molar-refractivity contribution is -0.137. The number of amides is 8. The highest BCUT2D eigenvalue weighted by Crippen LogP contribution is 2.21. The van der Waals surface area contributed by atoms with Gasteiger partial charge in [0, 0.05) is 50.0 Å². The Kier molecular flexibility index (Phi) is 36.1. The zero-order valence-electron chi connectivity index (χ0n) is 48.2. The van der Waals surface area contributed by atoms with E-state index in [1.807, 2.05) is 13.8 Å². The van der Waals surface area contributed by atoms with Gasteiger partial charge in [-0.2, -0.15) is 0 Å². The topological polar surface area (TPSA) is 455 Å². The second kappa shape index (κ2) is 39.8. The van der Waals surface area contributed by atoms with Gasteiger partial charge < -0.3 is 81.4 Å². The maximum atomic E-state index is 14.4. The standard InChI is InChI=1S/C54H99N13O13/c1-7-9-10-11-12-13-37(70)27-34(14-20-55)48(74)67-46(33(6)69)44(72)28-35(15-21-56)47(73)62-41-19-25-60-50(76)42(30-68)65-52(78)39(17-23-58)63-51(77)40(18-24-59)64-54(80)45(32(5)8-2)66-49(75)36(26-31(3)4)29-43(71)38(16-22-57)61-53(41)79/h31-36,38-42,45-46,68-69H,7-30,55-59H2,1-6H3,(H,60,76)(H,61,79)(H,62,73)(H,63,77)(H,64,80)(H,65,78)(H,66,75)(H,67,74)/t32-,33+,34+,35+,36-,38-,39-,40-,41-,42-,45-,46-/m0/s1. The van der Waals surface area contributed by atoms with E-state index < -0.39 is 157 Å². The molecule has 26 nitrogen and oxygen atoms in total. The van der Waals surface area contributed by atoms with Crippen molar-refractivity contribution in [2.75, 3.05) is 45.9 Å². The molecule has 26 heteroatoms. The Labute approximate surface area is 472 Å². The second-order valence-corrected chi connectivity index (χ2v) is 21.5. The lowest BCUT2D eigenvalue weighted by atomic mass is 9.88. The van der Waals surface area contributed by atoms with E-state index in [0.29, 0.717) is 12.8 Å². The summed E-state index contributed by atoms with van der Waals surface area (Å²) in [6.45, 7) is 8.77. The molecule has 1 heterocycles. The molecule has 1 saturated heterocycles. The van der Waals surface area contributed by atoms with Gasteiger partial charge in [0.2, 0.25) is 47.3 Å². The predicted octanol–water partition coefficient (Wildman–Crippen LogP) is -2.80. The number of unbranched alkanes of at least 4 members (excludes halogenated alkanes) is 4. The Balaban J connectivity index is 3.79. The van der Waals surface area contributed by atoms with Crippen molar-refractivity contribution >= 4 is 64.6 Å². The summed E-state index contributed by atoms with van der Waals surface area (Å²) < 4.78 is 0. The van der Waals surface area contributed by atoms with Crippen LogP contribution in [0.3, 0.4) is 0 Å². The SMILES string of the molecule is CCCCCCCC(=O)C[C@@H](CCN)C(=O)N[C@H](C(=O)C[C@@H](CCN)C(=O)N[C@H]1CCNC(=O)[C@H](CO)NC(=O)[C@H](CCN)NC(=O)[C@H](CCN)NC(=O)[C@H]([C@@H](C)CC)NC(=O)[C@@H](CC(C)C)CC(=O)[C@H](CCN)NC1=O)[C@@H](C)O. The van der Waals surface area contributed by atoms with E-state index in [1.54, 1.807) is 13.8 Å². The molecule has 0 aromatic rings. The fraction of sp³-hybridized carbons (Fsp3) is 0.796. The molecule has 1 fully saturated rings. The maximum absolute atomic E-state index is 14.4. The van der Waals surface area contributed by atoms with Crippen molar-refractivity contribution in [3.63, 3.8) is 0 Å². The number of hydrogen-bond acceptors (Lipinski definition) is 18. The zero-order chi connectivity index (χ0) is 60.5. The lowest BCUT2D eigenvalue weighted by Crippen LogP contribution is -2.60. The van der Waals surface area contributed by atoms with Crippen molar-refractivity contribution in [2.45, 2.75) is 199 Å². The Morgan fingerprint density at radius 3 is 1.69 bits per heavy atom. The van der Waals surface area contributed by atoms with Crippen LogP contribution in [0.4, 0.5) is 0 Å². The van der Waals surface area contributed by atoms with Gasteiger partial charge in [-0.1, -0.05) is 66.7 Å². The molecule has 0 unspecified atom stereocenters. The number of hydrogen-bond donors (Lipinski definition) is 15. The molecule has 1 aliphatic heterocycles. The van der Waals surface area contributed by atoms with Gasteiger partial charge in [-0.05, 0) is 103 Å². The molecule has 20 N–H and O–H groups in total. The first-order valence-corrected chi connectivity index (χ1v) is 28.7. The minimum atomic E-state index is -1.62. The maximum Gasteiger partial charge on any atom is 0.244 e. The van der Waals surface area contributed by atoms with Gasteiger partial charge in [0.1, 0.15) is 42.0 Å². The van der Waals surface area contributed by atoms with Crippen molar-refractivity contribution < 1.29 is 63.0 Å². The molecule has 0 spiro atoms. The molecule has 80 heavy (non-hydrogen) atoms. The highest BCUT2D eigenvalue weighted by molar-refractivity contribution is 5.99. The Morgan fingerprint density at radius 1 is 0.625 bits per heavy atom. The molecule has 8 amide bonds. The summed E-state index contributed by atoms with van der Waals surface area (Å²) in [5.74, 6) is -12.0. The third-order valence-electron chi connectivity index (χ3n) is 14.3. The molecule has 12 atom stereocenters. The average molecular weight is 1140 g/mol. The molecule has 1 rings (SSSR count). The number of Topliss-reactive ketones (excluding diaryl/α,β-unsaturated/α-hetero) is 3. The van der Waals surface area contributed by atoms with E-state index in [4.69, 9.17) is 28.7 Å². The number of nitrogens with two attached hydrogens (primary N) is 5.